The van der Waals surface area contributed by atoms with Crippen molar-refractivity contribution < 1.29 is 9.21 Å². The van der Waals surface area contributed by atoms with Gasteiger partial charge in [-0.2, -0.15) is 0 Å². The van der Waals surface area contributed by atoms with Crippen LogP contribution < -0.4 is 5.32 Å². The van der Waals surface area contributed by atoms with Gasteiger partial charge in [0.25, 0.3) is 5.91 Å². The number of furan rings is 1. The van der Waals surface area contributed by atoms with Crippen molar-refractivity contribution in [3.63, 3.8) is 0 Å². The molecule has 0 bridgehead atoms. The van der Waals surface area contributed by atoms with E-state index < -0.39 is 0 Å². The zero-order valence-corrected chi connectivity index (χ0v) is 12.3. The molecule has 4 nitrogen and oxygen atoms in total. The van der Waals surface area contributed by atoms with Crippen LogP contribution in [0, 0.1) is 0 Å². The molecule has 0 spiro atoms. The van der Waals surface area contributed by atoms with Gasteiger partial charge in [0.15, 0.2) is 11.0 Å². The minimum absolute atomic E-state index is 0.148. The van der Waals surface area contributed by atoms with Gasteiger partial charge in [0.05, 0.1) is 6.04 Å². The molecule has 0 unspecified atom stereocenters. The Morgan fingerprint density at radius 1 is 1.47 bits per heavy atom. The monoisotopic (exact) mass is 298 g/mol. The largest absolute Gasteiger partial charge is 0.440 e. The van der Waals surface area contributed by atoms with Gasteiger partial charge in [0.2, 0.25) is 0 Å². The average Bonchev–Trinajstić information content (AvgIpc) is 3.00. The molecule has 1 atom stereocenters. The molecular weight excluding hydrogens is 284 g/mol. The minimum atomic E-state index is -0.254. The summed E-state index contributed by atoms with van der Waals surface area (Å²) in [6.45, 7) is 0.519. The molecule has 2 aromatic heterocycles. The Bertz CT molecular complexity index is 537. The molecule has 1 N–H and O–H groups in total. The van der Waals surface area contributed by atoms with Crippen LogP contribution in [0.4, 0.5) is 0 Å². The van der Waals surface area contributed by atoms with Gasteiger partial charge in [-0.3, -0.25) is 4.79 Å². The lowest BCUT2D eigenvalue weighted by atomic mass is 10.2. The van der Waals surface area contributed by atoms with Crippen molar-refractivity contribution in [2.24, 2.45) is 0 Å². The van der Waals surface area contributed by atoms with Crippen molar-refractivity contribution >= 4 is 28.8 Å². The predicted octanol–water partition coefficient (Wildman–Crippen LogP) is 3.03. The Labute approximate surface area is 121 Å². The van der Waals surface area contributed by atoms with Gasteiger partial charge in [-0.05, 0) is 49.3 Å². The first-order chi connectivity index (χ1) is 9.08. The summed E-state index contributed by atoms with van der Waals surface area (Å²) in [5.74, 6) is -0.0241. The van der Waals surface area contributed by atoms with E-state index >= 15 is 0 Å². The molecule has 19 heavy (non-hydrogen) atoms. The van der Waals surface area contributed by atoms with Gasteiger partial charge in [0.1, 0.15) is 0 Å². The maximum absolute atomic E-state index is 11.9. The van der Waals surface area contributed by atoms with Crippen LogP contribution in [0.1, 0.15) is 21.5 Å². The van der Waals surface area contributed by atoms with Crippen molar-refractivity contribution in [1.82, 2.24) is 10.2 Å². The summed E-state index contributed by atoms with van der Waals surface area (Å²) in [5.41, 5.74) is 0. The van der Waals surface area contributed by atoms with Crippen LogP contribution in [0.5, 0.6) is 0 Å². The molecule has 0 radical (unpaired) electrons. The number of carbonyl (C=O) groups excluding carboxylic acids is 1. The third-order valence-electron chi connectivity index (χ3n) is 2.75. The van der Waals surface area contributed by atoms with Crippen molar-refractivity contribution in [1.29, 1.82) is 0 Å². The number of amides is 1. The Hall–Kier alpha value is -1.30. The zero-order chi connectivity index (χ0) is 13.8. The molecule has 6 heteroatoms. The molecule has 2 heterocycles. The average molecular weight is 299 g/mol. The van der Waals surface area contributed by atoms with E-state index in [0.29, 0.717) is 6.54 Å². The SMILES string of the molecule is CN(C)[C@@H](CNC(=O)c1ccc(Cl)o1)c1cccs1. The Morgan fingerprint density at radius 2 is 2.26 bits per heavy atom. The van der Waals surface area contributed by atoms with Crippen molar-refractivity contribution in [3.05, 3.63) is 45.5 Å². The van der Waals surface area contributed by atoms with E-state index in [1.165, 1.54) is 4.88 Å². The second-order valence-corrected chi connectivity index (χ2v) is 5.66. The van der Waals surface area contributed by atoms with Gasteiger partial charge < -0.3 is 14.6 Å². The van der Waals surface area contributed by atoms with E-state index in [0.717, 1.165) is 0 Å². The molecule has 0 fully saturated rings. The number of hydrogen-bond donors (Lipinski definition) is 1. The fourth-order valence-corrected chi connectivity index (χ4v) is 2.80. The number of nitrogens with one attached hydrogen (secondary N) is 1. The van der Waals surface area contributed by atoms with E-state index in [2.05, 4.69) is 16.3 Å². The molecule has 1 amide bonds. The normalized spacial score (nSPS) is 12.6. The molecule has 2 rings (SSSR count). The van der Waals surface area contributed by atoms with Gasteiger partial charge >= 0.3 is 0 Å². The van der Waals surface area contributed by atoms with Crippen LogP contribution in [-0.2, 0) is 0 Å². The molecule has 0 aliphatic carbocycles. The first-order valence-electron chi connectivity index (χ1n) is 5.81. The number of likely N-dealkylation sites (N-methyl/N-ethyl adjacent to an activating group) is 1. The molecule has 102 valence electrons. The van der Waals surface area contributed by atoms with E-state index in [9.17, 15) is 4.79 Å². The smallest absolute Gasteiger partial charge is 0.287 e. The second-order valence-electron chi connectivity index (χ2n) is 4.31. The molecular formula is C13H15ClN2O2S. The highest BCUT2D eigenvalue weighted by molar-refractivity contribution is 7.10. The summed E-state index contributed by atoms with van der Waals surface area (Å²) >= 11 is 7.32. The van der Waals surface area contributed by atoms with Crippen LogP contribution in [-0.4, -0.2) is 31.4 Å². The van der Waals surface area contributed by atoms with Crippen LogP contribution in [0.25, 0.3) is 0 Å². The first kappa shape index (κ1) is 14.1. The zero-order valence-electron chi connectivity index (χ0n) is 10.7. The summed E-state index contributed by atoms with van der Waals surface area (Å²) in [6.07, 6.45) is 0. The Balaban J connectivity index is 1.98. The van der Waals surface area contributed by atoms with Crippen LogP contribution in [0.2, 0.25) is 5.22 Å². The summed E-state index contributed by atoms with van der Waals surface area (Å²) in [6, 6.07) is 7.33. The lowest BCUT2D eigenvalue weighted by molar-refractivity contribution is 0.0914. The minimum Gasteiger partial charge on any atom is -0.440 e. The Kier molecular flexibility index (Phi) is 4.63. The maximum Gasteiger partial charge on any atom is 0.287 e. The third-order valence-corrected chi connectivity index (χ3v) is 3.92. The predicted molar refractivity (Wildman–Crippen MR) is 76.8 cm³/mol. The number of thiophene rings is 1. The summed E-state index contributed by atoms with van der Waals surface area (Å²) in [5, 5.41) is 5.10. The fraction of sp³-hybridized carbons (Fsp3) is 0.308. The standard InChI is InChI=1S/C13H15ClN2O2S/c1-16(2)9(11-4-3-7-19-11)8-15-13(17)10-5-6-12(14)18-10/h3-7,9H,8H2,1-2H3,(H,15,17)/t9-/m0/s1. The maximum atomic E-state index is 11.9. The number of halogens is 1. The quantitative estimate of drug-likeness (QED) is 0.923. The van der Waals surface area contributed by atoms with Crippen molar-refractivity contribution in [2.45, 2.75) is 6.04 Å². The summed E-state index contributed by atoms with van der Waals surface area (Å²) in [7, 11) is 3.97. The van der Waals surface area contributed by atoms with Crippen molar-refractivity contribution in [3.8, 4) is 0 Å². The molecule has 2 aromatic rings. The first-order valence-corrected chi connectivity index (χ1v) is 7.07. The van der Waals surface area contributed by atoms with E-state index in [4.69, 9.17) is 16.0 Å². The van der Waals surface area contributed by atoms with Crippen LogP contribution in [0.3, 0.4) is 0 Å². The van der Waals surface area contributed by atoms with Crippen LogP contribution in [0.15, 0.2) is 34.1 Å². The van der Waals surface area contributed by atoms with Gasteiger partial charge in [-0.25, -0.2) is 0 Å². The second kappa shape index (κ2) is 6.23. The van der Waals surface area contributed by atoms with Gasteiger partial charge in [0, 0.05) is 11.4 Å². The topological polar surface area (TPSA) is 45.5 Å². The van der Waals surface area contributed by atoms with Gasteiger partial charge in [-0.15, -0.1) is 11.3 Å². The van der Waals surface area contributed by atoms with Crippen molar-refractivity contribution in [2.75, 3.05) is 20.6 Å². The van der Waals surface area contributed by atoms with Gasteiger partial charge in [-0.1, -0.05) is 6.07 Å². The molecule has 0 aromatic carbocycles. The molecule has 0 saturated carbocycles. The summed E-state index contributed by atoms with van der Waals surface area (Å²) < 4.78 is 5.07. The highest BCUT2D eigenvalue weighted by Crippen LogP contribution is 2.22. The van der Waals surface area contributed by atoms with E-state index in [-0.39, 0.29) is 22.9 Å². The lowest BCUT2D eigenvalue weighted by Gasteiger charge is -2.23. The highest BCUT2D eigenvalue weighted by atomic mass is 35.5. The molecule has 0 aliphatic rings. The third kappa shape index (κ3) is 3.59. The molecule has 0 saturated heterocycles. The number of rotatable bonds is 5. The number of nitrogens with zero attached hydrogens (tertiary/aromatic N) is 1. The van der Waals surface area contributed by atoms with E-state index in [1.807, 2.05) is 25.5 Å². The number of carbonyl (C=O) groups is 1. The Morgan fingerprint density at radius 3 is 2.79 bits per heavy atom. The molecule has 0 aliphatic heterocycles. The fourth-order valence-electron chi connectivity index (χ4n) is 1.73. The van der Waals surface area contributed by atoms with E-state index in [1.54, 1.807) is 23.5 Å². The number of hydrogen-bond acceptors (Lipinski definition) is 4. The lowest BCUT2D eigenvalue weighted by Crippen LogP contribution is -2.34. The summed E-state index contributed by atoms with van der Waals surface area (Å²) in [4.78, 5) is 15.2. The highest BCUT2D eigenvalue weighted by Gasteiger charge is 2.17. The van der Waals surface area contributed by atoms with Crippen LogP contribution >= 0.6 is 22.9 Å².